The van der Waals surface area contributed by atoms with Crippen molar-refractivity contribution in [3.63, 3.8) is 0 Å². The average Bonchev–Trinajstić information content (AvgIpc) is 2.94. The fraction of sp³-hybridized carbons (Fsp3) is 0.167. The van der Waals surface area contributed by atoms with Crippen molar-refractivity contribution in [2.45, 2.75) is 13.3 Å². The number of anilines is 1. The highest BCUT2D eigenvalue weighted by molar-refractivity contribution is 6.15. The summed E-state index contributed by atoms with van der Waals surface area (Å²) in [7, 11) is 0. The van der Waals surface area contributed by atoms with Crippen molar-refractivity contribution >= 4 is 23.3 Å². The van der Waals surface area contributed by atoms with Crippen molar-refractivity contribution in [2.24, 2.45) is 5.10 Å². The zero-order valence-electron chi connectivity index (χ0n) is 13.2. The number of hydrazone groups is 1. The maximum absolute atomic E-state index is 12.0. The van der Waals surface area contributed by atoms with E-state index in [4.69, 9.17) is 4.74 Å². The third-order valence-corrected chi connectivity index (χ3v) is 3.42. The number of carbonyl (C=O) groups is 2. The highest BCUT2D eigenvalue weighted by Gasteiger charge is 2.26. The summed E-state index contributed by atoms with van der Waals surface area (Å²) in [5.74, 6) is 0.413. The average molecular weight is 323 g/mol. The van der Waals surface area contributed by atoms with Crippen LogP contribution in [0.5, 0.6) is 5.75 Å². The number of carbonyl (C=O) groups excluding carboxylic acids is 2. The van der Waals surface area contributed by atoms with Gasteiger partial charge >= 0.3 is 0 Å². The van der Waals surface area contributed by atoms with E-state index in [1.165, 1.54) is 5.01 Å². The maximum Gasteiger partial charge on any atom is 0.263 e. The zero-order valence-corrected chi connectivity index (χ0v) is 13.2. The molecule has 6 nitrogen and oxygen atoms in total. The molecule has 0 bridgehead atoms. The largest absolute Gasteiger partial charge is 0.484 e. The SMILES string of the molecule is Cc1cccc(OCC(=O)NC2=NN(c3ccccc3)C(=O)C2)c1. The summed E-state index contributed by atoms with van der Waals surface area (Å²) in [6.07, 6.45) is 0.0606. The van der Waals surface area contributed by atoms with Gasteiger partial charge in [0.05, 0.1) is 12.1 Å². The number of aryl methyl sites for hydroxylation is 1. The van der Waals surface area contributed by atoms with Gasteiger partial charge in [0.1, 0.15) is 11.6 Å². The quantitative estimate of drug-likeness (QED) is 0.938. The molecule has 2 aromatic rings. The molecule has 122 valence electrons. The molecular formula is C18H17N3O3. The Balaban J connectivity index is 1.58. The van der Waals surface area contributed by atoms with Crippen LogP contribution in [0.2, 0.25) is 0 Å². The minimum Gasteiger partial charge on any atom is -0.484 e. The van der Waals surface area contributed by atoms with E-state index < -0.39 is 0 Å². The molecule has 1 N–H and O–H groups in total. The summed E-state index contributed by atoms with van der Waals surface area (Å²) in [5, 5.41) is 8.07. The van der Waals surface area contributed by atoms with Gasteiger partial charge in [0.15, 0.2) is 6.61 Å². The minimum absolute atomic E-state index is 0.0606. The van der Waals surface area contributed by atoms with E-state index in [0.29, 0.717) is 17.3 Å². The van der Waals surface area contributed by atoms with Crippen LogP contribution in [0.15, 0.2) is 59.7 Å². The summed E-state index contributed by atoms with van der Waals surface area (Å²) >= 11 is 0. The number of rotatable bonds is 4. The molecule has 0 fully saturated rings. The normalized spacial score (nSPS) is 13.6. The van der Waals surface area contributed by atoms with Gasteiger partial charge in [-0.1, -0.05) is 30.3 Å². The third-order valence-electron chi connectivity index (χ3n) is 3.42. The van der Waals surface area contributed by atoms with Crippen LogP contribution in [-0.4, -0.2) is 24.3 Å². The molecule has 0 aliphatic carbocycles. The molecule has 0 spiro atoms. The second-order valence-electron chi connectivity index (χ2n) is 5.42. The van der Waals surface area contributed by atoms with Gasteiger partial charge < -0.3 is 10.1 Å². The summed E-state index contributed by atoms with van der Waals surface area (Å²) < 4.78 is 5.43. The van der Waals surface area contributed by atoms with E-state index >= 15 is 0 Å². The number of para-hydroxylation sites is 1. The molecule has 0 aromatic heterocycles. The lowest BCUT2D eigenvalue weighted by Crippen LogP contribution is -2.33. The predicted octanol–water partition coefficient (Wildman–Crippen LogP) is 2.24. The second-order valence-corrected chi connectivity index (χ2v) is 5.42. The van der Waals surface area contributed by atoms with Gasteiger partial charge in [0.25, 0.3) is 11.8 Å². The van der Waals surface area contributed by atoms with Crippen LogP contribution in [0.4, 0.5) is 5.69 Å². The first-order chi connectivity index (χ1) is 11.6. The molecule has 0 saturated carbocycles. The molecule has 2 aromatic carbocycles. The molecule has 1 aliphatic heterocycles. The van der Waals surface area contributed by atoms with E-state index in [0.717, 1.165) is 5.56 Å². The Hall–Kier alpha value is -3.15. The molecule has 1 heterocycles. The van der Waals surface area contributed by atoms with Crippen molar-refractivity contribution < 1.29 is 14.3 Å². The van der Waals surface area contributed by atoms with Crippen LogP contribution in [0, 0.1) is 6.92 Å². The number of hydrogen-bond acceptors (Lipinski definition) is 4. The van der Waals surface area contributed by atoms with E-state index in [9.17, 15) is 9.59 Å². The van der Waals surface area contributed by atoms with E-state index in [-0.39, 0.29) is 24.8 Å². The summed E-state index contributed by atoms with van der Waals surface area (Å²) in [5.41, 5.74) is 1.72. The maximum atomic E-state index is 12.0. The van der Waals surface area contributed by atoms with Crippen molar-refractivity contribution in [2.75, 3.05) is 11.6 Å². The van der Waals surface area contributed by atoms with Crippen LogP contribution in [-0.2, 0) is 9.59 Å². The lowest BCUT2D eigenvalue weighted by molar-refractivity contribution is -0.121. The van der Waals surface area contributed by atoms with Gasteiger partial charge in [0.2, 0.25) is 0 Å². The number of amidine groups is 1. The predicted molar refractivity (Wildman–Crippen MR) is 90.8 cm³/mol. The molecule has 1 aliphatic rings. The van der Waals surface area contributed by atoms with Crippen LogP contribution < -0.4 is 15.1 Å². The fourth-order valence-corrected chi connectivity index (χ4v) is 2.32. The van der Waals surface area contributed by atoms with Crippen molar-refractivity contribution in [3.05, 3.63) is 60.2 Å². The molecule has 2 amide bonds. The second kappa shape index (κ2) is 6.95. The minimum atomic E-state index is -0.349. The molecule has 0 radical (unpaired) electrons. The Bertz CT molecular complexity index is 787. The van der Waals surface area contributed by atoms with Crippen molar-refractivity contribution in [1.29, 1.82) is 0 Å². The van der Waals surface area contributed by atoms with Gasteiger partial charge in [-0.2, -0.15) is 10.1 Å². The van der Waals surface area contributed by atoms with Gasteiger partial charge in [-0.05, 0) is 36.8 Å². The van der Waals surface area contributed by atoms with Crippen molar-refractivity contribution in [1.82, 2.24) is 5.32 Å². The monoisotopic (exact) mass is 323 g/mol. The van der Waals surface area contributed by atoms with Crippen LogP contribution in [0.3, 0.4) is 0 Å². The first-order valence-corrected chi connectivity index (χ1v) is 7.56. The Morgan fingerprint density at radius 1 is 1.21 bits per heavy atom. The first-order valence-electron chi connectivity index (χ1n) is 7.56. The van der Waals surface area contributed by atoms with Gasteiger partial charge in [0, 0.05) is 0 Å². The summed E-state index contributed by atoms with van der Waals surface area (Å²) in [6.45, 7) is 1.81. The first kappa shape index (κ1) is 15.7. The van der Waals surface area contributed by atoms with Crippen molar-refractivity contribution in [3.8, 4) is 5.75 Å². The fourth-order valence-electron chi connectivity index (χ4n) is 2.32. The Labute approximate surface area is 139 Å². The third kappa shape index (κ3) is 3.78. The molecule has 24 heavy (non-hydrogen) atoms. The standard InChI is InChI=1S/C18H17N3O3/c1-13-6-5-9-15(10-13)24-12-17(22)19-16-11-18(23)21(20-16)14-7-3-2-4-8-14/h2-10H,11-12H2,1H3,(H,19,20,22). The van der Waals surface area contributed by atoms with E-state index in [2.05, 4.69) is 10.4 Å². The van der Waals surface area contributed by atoms with Gasteiger partial charge in [-0.3, -0.25) is 9.59 Å². The molecule has 0 atom stereocenters. The Morgan fingerprint density at radius 3 is 2.75 bits per heavy atom. The van der Waals surface area contributed by atoms with Gasteiger partial charge in [-0.25, -0.2) is 0 Å². The van der Waals surface area contributed by atoms with E-state index in [1.54, 1.807) is 18.2 Å². The molecule has 6 heteroatoms. The lowest BCUT2D eigenvalue weighted by atomic mass is 10.2. The smallest absolute Gasteiger partial charge is 0.263 e. The van der Waals surface area contributed by atoms with Crippen LogP contribution in [0.25, 0.3) is 0 Å². The molecule has 3 rings (SSSR count). The molecule has 0 unspecified atom stereocenters. The number of amides is 2. The number of nitrogens with one attached hydrogen (secondary N) is 1. The lowest BCUT2D eigenvalue weighted by Gasteiger charge is -2.10. The number of benzene rings is 2. The zero-order chi connectivity index (χ0) is 16.9. The van der Waals surface area contributed by atoms with E-state index in [1.807, 2.05) is 43.3 Å². The molecular weight excluding hydrogens is 306 g/mol. The number of ether oxygens (including phenoxy) is 1. The van der Waals surface area contributed by atoms with Gasteiger partial charge in [-0.15, -0.1) is 0 Å². The highest BCUT2D eigenvalue weighted by Crippen LogP contribution is 2.19. The topological polar surface area (TPSA) is 71.0 Å². The Kier molecular flexibility index (Phi) is 4.56. The molecule has 0 saturated heterocycles. The number of hydrogen-bond donors (Lipinski definition) is 1. The summed E-state index contributed by atoms with van der Waals surface area (Å²) in [6, 6.07) is 16.5. The summed E-state index contributed by atoms with van der Waals surface area (Å²) in [4.78, 5) is 24.0. The van der Waals surface area contributed by atoms with Crippen LogP contribution >= 0.6 is 0 Å². The number of nitrogens with zero attached hydrogens (tertiary/aromatic N) is 2. The highest BCUT2D eigenvalue weighted by atomic mass is 16.5. The Morgan fingerprint density at radius 2 is 2.00 bits per heavy atom. The van der Waals surface area contributed by atoms with Crippen LogP contribution in [0.1, 0.15) is 12.0 Å².